The number of hydrogen-bond acceptors (Lipinski definition) is 4. The topological polar surface area (TPSA) is 76.1 Å². The molecule has 1 amide bonds. The molecule has 1 aliphatic heterocycles. The van der Waals surface area contributed by atoms with Crippen LogP contribution >= 0.6 is 0 Å². The first-order valence-corrected chi connectivity index (χ1v) is 7.45. The quantitative estimate of drug-likeness (QED) is 0.867. The monoisotopic (exact) mass is 307 g/mol. The van der Waals surface area contributed by atoms with Gasteiger partial charge in [-0.05, 0) is 31.2 Å². The molecule has 0 atom stereocenters. The molecule has 1 aliphatic rings. The first kappa shape index (κ1) is 16.3. The second kappa shape index (κ2) is 7.79. The summed E-state index contributed by atoms with van der Waals surface area (Å²) in [6, 6.07) is 6.83. The predicted molar refractivity (Wildman–Crippen MR) is 80.1 cm³/mol. The molecule has 6 nitrogen and oxygen atoms in total. The zero-order valence-electron chi connectivity index (χ0n) is 12.7. The average Bonchev–Trinajstić information content (AvgIpc) is 2.53. The van der Waals surface area contributed by atoms with Crippen molar-refractivity contribution >= 4 is 11.9 Å². The second-order valence-corrected chi connectivity index (χ2v) is 5.17. The van der Waals surface area contributed by atoms with E-state index in [2.05, 4.69) is 0 Å². The van der Waals surface area contributed by atoms with Crippen molar-refractivity contribution in [2.75, 3.05) is 26.3 Å². The van der Waals surface area contributed by atoms with Gasteiger partial charge in [-0.2, -0.15) is 0 Å². The molecule has 0 spiro atoms. The maximum Gasteiger partial charge on any atom is 0.323 e. The predicted octanol–water partition coefficient (Wildman–Crippen LogP) is 1.79. The van der Waals surface area contributed by atoms with Gasteiger partial charge in [0.05, 0.1) is 13.2 Å². The fraction of sp³-hybridized carbons (Fsp3) is 0.500. The molecule has 22 heavy (non-hydrogen) atoms. The molecular formula is C16H21NO5. The lowest BCUT2D eigenvalue weighted by Crippen LogP contribution is -2.35. The normalized spacial score (nSPS) is 15.3. The Morgan fingerprint density at radius 2 is 1.91 bits per heavy atom. The maximum absolute atomic E-state index is 12.2. The van der Waals surface area contributed by atoms with Gasteiger partial charge < -0.3 is 19.5 Å². The Morgan fingerprint density at radius 1 is 1.27 bits per heavy atom. The molecule has 1 N–H and O–H groups in total. The minimum atomic E-state index is -1.02. The lowest BCUT2D eigenvalue weighted by atomic mass is 10.1. The van der Waals surface area contributed by atoms with Crippen molar-refractivity contribution in [2.24, 2.45) is 0 Å². The number of carbonyl (C=O) groups excluding carboxylic acids is 1. The molecule has 1 saturated heterocycles. The molecule has 1 aromatic rings. The van der Waals surface area contributed by atoms with Crippen molar-refractivity contribution in [3.63, 3.8) is 0 Å². The van der Waals surface area contributed by atoms with Gasteiger partial charge >= 0.3 is 5.97 Å². The smallest absolute Gasteiger partial charge is 0.323 e. The Morgan fingerprint density at radius 3 is 2.45 bits per heavy atom. The largest absolute Gasteiger partial charge is 0.490 e. The lowest BCUT2D eigenvalue weighted by molar-refractivity contribution is -0.137. The van der Waals surface area contributed by atoms with Gasteiger partial charge in [-0.25, -0.2) is 0 Å². The molecule has 2 rings (SSSR count). The molecule has 0 aromatic heterocycles. The standard InChI is InChI=1S/C16H21NO5/c1-2-17(11-15(18)19)16(20)12-3-5-13(6-4-12)22-14-7-9-21-10-8-14/h3-6,14H,2,7-11H2,1H3,(H,18,19). The molecular weight excluding hydrogens is 286 g/mol. The van der Waals surface area contributed by atoms with Gasteiger partial charge in [-0.1, -0.05) is 0 Å². The first-order valence-electron chi connectivity index (χ1n) is 7.45. The Kier molecular flexibility index (Phi) is 5.77. The van der Waals surface area contributed by atoms with Gasteiger partial charge in [0.2, 0.25) is 0 Å². The highest BCUT2D eigenvalue weighted by atomic mass is 16.5. The third kappa shape index (κ3) is 4.46. The van der Waals surface area contributed by atoms with E-state index >= 15 is 0 Å². The zero-order valence-corrected chi connectivity index (χ0v) is 12.7. The van der Waals surface area contributed by atoms with Crippen LogP contribution < -0.4 is 4.74 Å². The molecule has 0 saturated carbocycles. The zero-order chi connectivity index (χ0) is 15.9. The Bertz CT molecular complexity index is 508. The third-order valence-electron chi connectivity index (χ3n) is 3.57. The summed E-state index contributed by atoms with van der Waals surface area (Å²) in [5.41, 5.74) is 0.461. The van der Waals surface area contributed by atoms with E-state index in [9.17, 15) is 9.59 Å². The number of hydrogen-bond donors (Lipinski definition) is 1. The van der Waals surface area contributed by atoms with Gasteiger partial charge in [0.25, 0.3) is 5.91 Å². The van der Waals surface area contributed by atoms with E-state index in [1.807, 2.05) is 0 Å². The molecule has 1 heterocycles. The number of benzene rings is 1. The van der Waals surface area contributed by atoms with Crippen LogP contribution in [0.3, 0.4) is 0 Å². The van der Waals surface area contributed by atoms with E-state index < -0.39 is 5.97 Å². The van der Waals surface area contributed by atoms with Gasteiger partial charge in [0, 0.05) is 24.9 Å². The second-order valence-electron chi connectivity index (χ2n) is 5.17. The van der Waals surface area contributed by atoms with E-state index in [1.54, 1.807) is 31.2 Å². The minimum Gasteiger partial charge on any atom is -0.490 e. The van der Waals surface area contributed by atoms with E-state index in [1.165, 1.54) is 4.90 Å². The SMILES string of the molecule is CCN(CC(=O)O)C(=O)c1ccc(OC2CCOCC2)cc1. The Balaban J connectivity index is 1.97. The Hall–Kier alpha value is -2.08. The number of likely N-dealkylation sites (N-methyl/N-ethyl adjacent to an activating group) is 1. The van der Waals surface area contributed by atoms with Gasteiger partial charge in [-0.15, -0.1) is 0 Å². The fourth-order valence-corrected chi connectivity index (χ4v) is 2.34. The summed E-state index contributed by atoms with van der Waals surface area (Å²) in [5, 5.41) is 8.81. The van der Waals surface area contributed by atoms with Gasteiger partial charge in [0.15, 0.2) is 0 Å². The van der Waals surface area contributed by atoms with Crippen LogP contribution in [0.4, 0.5) is 0 Å². The van der Waals surface area contributed by atoms with Crippen LogP contribution in [0.15, 0.2) is 24.3 Å². The van der Waals surface area contributed by atoms with Crippen molar-refractivity contribution in [1.82, 2.24) is 4.90 Å². The summed E-state index contributed by atoms with van der Waals surface area (Å²) < 4.78 is 11.1. The number of amides is 1. The van der Waals surface area contributed by atoms with Crippen LogP contribution in [0.25, 0.3) is 0 Å². The highest BCUT2D eigenvalue weighted by molar-refractivity contribution is 5.95. The number of ether oxygens (including phenoxy) is 2. The number of rotatable bonds is 6. The van der Waals surface area contributed by atoms with E-state index in [0.29, 0.717) is 31.1 Å². The van der Waals surface area contributed by atoms with Crippen molar-refractivity contribution < 1.29 is 24.2 Å². The molecule has 0 aliphatic carbocycles. The first-order chi connectivity index (χ1) is 10.6. The summed E-state index contributed by atoms with van der Waals surface area (Å²) in [5.74, 6) is -0.595. The van der Waals surface area contributed by atoms with E-state index in [4.69, 9.17) is 14.6 Å². The van der Waals surface area contributed by atoms with Crippen LogP contribution in [0.2, 0.25) is 0 Å². The van der Waals surface area contributed by atoms with Crippen molar-refractivity contribution in [3.05, 3.63) is 29.8 Å². The molecule has 0 unspecified atom stereocenters. The van der Waals surface area contributed by atoms with Crippen LogP contribution in [0, 0.1) is 0 Å². The number of carboxylic acid groups (broad SMARTS) is 1. The average molecular weight is 307 g/mol. The summed E-state index contributed by atoms with van der Waals surface area (Å²) in [7, 11) is 0. The number of carboxylic acids is 1. The molecule has 6 heteroatoms. The molecule has 120 valence electrons. The molecule has 1 fully saturated rings. The van der Waals surface area contributed by atoms with Crippen molar-refractivity contribution in [3.8, 4) is 5.75 Å². The van der Waals surface area contributed by atoms with Crippen LogP contribution in [-0.2, 0) is 9.53 Å². The third-order valence-corrected chi connectivity index (χ3v) is 3.57. The highest BCUT2D eigenvalue weighted by Gasteiger charge is 2.18. The number of aliphatic carboxylic acids is 1. The summed E-state index contributed by atoms with van der Waals surface area (Å²) in [6.45, 7) is 3.23. The molecule has 0 radical (unpaired) electrons. The molecule has 0 bridgehead atoms. The van der Waals surface area contributed by atoms with Crippen LogP contribution in [0.1, 0.15) is 30.1 Å². The van der Waals surface area contributed by atoms with Gasteiger partial charge in [-0.3, -0.25) is 9.59 Å². The fourth-order valence-electron chi connectivity index (χ4n) is 2.34. The van der Waals surface area contributed by atoms with Crippen LogP contribution in [0.5, 0.6) is 5.75 Å². The summed E-state index contributed by atoms with van der Waals surface area (Å²) in [6.07, 6.45) is 1.88. The van der Waals surface area contributed by atoms with Gasteiger partial charge in [0.1, 0.15) is 18.4 Å². The summed E-state index contributed by atoms with van der Waals surface area (Å²) in [4.78, 5) is 24.3. The summed E-state index contributed by atoms with van der Waals surface area (Å²) >= 11 is 0. The van der Waals surface area contributed by atoms with E-state index in [0.717, 1.165) is 12.8 Å². The van der Waals surface area contributed by atoms with Crippen molar-refractivity contribution in [2.45, 2.75) is 25.9 Å². The van der Waals surface area contributed by atoms with Crippen LogP contribution in [-0.4, -0.2) is 54.3 Å². The number of nitrogens with zero attached hydrogens (tertiary/aromatic N) is 1. The minimum absolute atomic E-state index is 0.148. The Labute approximate surface area is 129 Å². The maximum atomic E-state index is 12.2. The van der Waals surface area contributed by atoms with E-state index in [-0.39, 0.29) is 18.6 Å². The molecule has 1 aromatic carbocycles. The number of carbonyl (C=O) groups is 2. The lowest BCUT2D eigenvalue weighted by Gasteiger charge is -2.23. The van der Waals surface area contributed by atoms with Crippen molar-refractivity contribution in [1.29, 1.82) is 0 Å². The highest BCUT2D eigenvalue weighted by Crippen LogP contribution is 2.19.